The molecular formula is C17H13ClO6. The van der Waals surface area contributed by atoms with Crippen molar-refractivity contribution in [3.05, 3.63) is 40.6 Å². The molecule has 0 radical (unpaired) electrons. The number of ether oxygens (including phenoxy) is 3. The SMILES string of the molecule is CC1=CC(=O)C(C(=O)/C=C/c2cc(Cl)c3c(c2)OCCO3)C(=O)O1. The third kappa shape index (κ3) is 3.19. The first-order valence-electron chi connectivity index (χ1n) is 7.20. The van der Waals surface area contributed by atoms with Gasteiger partial charge in [0.1, 0.15) is 19.0 Å². The smallest absolute Gasteiger partial charge is 0.329 e. The molecule has 0 amide bonds. The lowest BCUT2D eigenvalue weighted by atomic mass is 9.96. The van der Waals surface area contributed by atoms with E-state index in [2.05, 4.69) is 0 Å². The first-order valence-corrected chi connectivity index (χ1v) is 7.58. The van der Waals surface area contributed by atoms with Crippen LogP contribution in [0.1, 0.15) is 12.5 Å². The minimum atomic E-state index is -1.46. The van der Waals surface area contributed by atoms with Gasteiger partial charge in [-0.15, -0.1) is 0 Å². The van der Waals surface area contributed by atoms with Crippen molar-refractivity contribution in [2.75, 3.05) is 13.2 Å². The number of ketones is 2. The maximum absolute atomic E-state index is 12.1. The molecule has 1 atom stereocenters. The lowest BCUT2D eigenvalue weighted by Crippen LogP contribution is -2.34. The van der Waals surface area contributed by atoms with Crippen LogP contribution in [0.5, 0.6) is 11.5 Å². The molecule has 1 aromatic rings. The van der Waals surface area contributed by atoms with E-state index in [1.807, 2.05) is 0 Å². The molecule has 0 saturated heterocycles. The summed E-state index contributed by atoms with van der Waals surface area (Å²) in [4.78, 5) is 35.7. The van der Waals surface area contributed by atoms with E-state index in [0.29, 0.717) is 35.3 Å². The van der Waals surface area contributed by atoms with E-state index in [1.165, 1.54) is 13.0 Å². The minimum Gasteiger partial charge on any atom is -0.486 e. The maximum Gasteiger partial charge on any atom is 0.329 e. The summed E-state index contributed by atoms with van der Waals surface area (Å²) in [5.74, 6) is -2.45. The number of esters is 1. The Morgan fingerprint density at radius 3 is 2.75 bits per heavy atom. The molecule has 3 rings (SSSR count). The number of fused-ring (bicyclic) bond motifs is 1. The molecule has 1 aromatic carbocycles. The second-order valence-corrected chi connectivity index (χ2v) is 5.68. The molecule has 0 aliphatic carbocycles. The van der Waals surface area contributed by atoms with Crippen LogP contribution in [0.25, 0.3) is 6.08 Å². The largest absolute Gasteiger partial charge is 0.486 e. The second-order valence-electron chi connectivity index (χ2n) is 5.27. The Balaban J connectivity index is 1.81. The van der Waals surface area contributed by atoms with Gasteiger partial charge in [0.2, 0.25) is 0 Å². The monoisotopic (exact) mass is 348 g/mol. The quantitative estimate of drug-likeness (QED) is 0.474. The summed E-state index contributed by atoms with van der Waals surface area (Å²) in [6.07, 6.45) is 3.75. The maximum atomic E-state index is 12.1. The Kier molecular flexibility index (Phi) is 4.40. The van der Waals surface area contributed by atoms with E-state index in [9.17, 15) is 14.4 Å². The number of carbonyl (C=O) groups excluding carboxylic acids is 3. The van der Waals surface area contributed by atoms with Gasteiger partial charge in [-0.3, -0.25) is 14.4 Å². The zero-order chi connectivity index (χ0) is 17.3. The molecule has 0 aromatic heterocycles. The molecule has 2 heterocycles. The highest BCUT2D eigenvalue weighted by Crippen LogP contribution is 2.38. The second kappa shape index (κ2) is 6.49. The summed E-state index contributed by atoms with van der Waals surface area (Å²) in [5, 5.41) is 0.353. The van der Waals surface area contributed by atoms with Crippen molar-refractivity contribution in [3.8, 4) is 11.5 Å². The predicted molar refractivity (Wildman–Crippen MR) is 84.8 cm³/mol. The van der Waals surface area contributed by atoms with E-state index in [-0.39, 0.29) is 5.76 Å². The van der Waals surface area contributed by atoms with Crippen molar-refractivity contribution < 1.29 is 28.6 Å². The highest BCUT2D eigenvalue weighted by Gasteiger charge is 2.36. The summed E-state index contributed by atoms with van der Waals surface area (Å²) in [7, 11) is 0. The zero-order valence-electron chi connectivity index (χ0n) is 12.7. The van der Waals surface area contributed by atoms with Gasteiger partial charge >= 0.3 is 5.97 Å². The summed E-state index contributed by atoms with van der Waals surface area (Å²) in [6.45, 7) is 2.30. The van der Waals surface area contributed by atoms with Crippen molar-refractivity contribution in [3.63, 3.8) is 0 Å². The van der Waals surface area contributed by atoms with E-state index in [4.69, 9.17) is 25.8 Å². The number of benzene rings is 1. The topological polar surface area (TPSA) is 78.9 Å². The number of carbonyl (C=O) groups is 3. The fourth-order valence-corrected chi connectivity index (χ4v) is 2.68. The van der Waals surface area contributed by atoms with Crippen molar-refractivity contribution >= 4 is 35.2 Å². The molecule has 0 spiro atoms. The molecule has 2 aliphatic heterocycles. The zero-order valence-corrected chi connectivity index (χ0v) is 13.5. The van der Waals surface area contributed by atoms with Crippen LogP contribution in [0.4, 0.5) is 0 Å². The minimum absolute atomic E-state index is 0.177. The first kappa shape index (κ1) is 16.3. The standard InChI is InChI=1S/C17H13ClO6/c1-9-6-13(20)15(17(21)24-9)12(19)3-2-10-7-11(18)16-14(8-10)22-4-5-23-16/h2-3,6-8,15H,4-5H2,1H3/b3-2+. The number of halogens is 1. The van der Waals surface area contributed by atoms with Crippen LogP contribution in [-0.2, 0) is 19.1 Å². The van der Waals surface area contributed by atoms with Gasteiger partial charge in [-0.1, -0.05) is 17.7 Å². The molecular weight excluding hydrogens is 336 g/mol. The van der Waals surface area contributed by atoms with Gasteiger partial charge in [-0.25, -0.2) is 0 Å². The highest BCUT2D eigenvalue weighted by atomic mass is 35.5. The molecule has 0 saturated carbocycles. The van der Waals surface area contributed by atoms with Gasteiger partial charge in [-0.05, 0) is 30.7 Å². The summed E-state index contributed by atoms with van der Waals surface area (Å²) in [5.41, 5.74) is 0.584. The van der Waals surface area contributed by atoms with Gasteiger partial charge in [0.05, 0.1) is 5.02 Å². The number of cyclic esters (lactones) is 1. The lowest BCUT2D eigenvalue weighted by Gasteiger charge is -2.19. The Morgan fingerprint density at radius 1 is 1.25 bits per heavy atom. The number of rotatable bonds is 3. The van der Waals surface area contributed by atoms with Crippen LogP contribution >= 0.6 is 11.6 Å². The fraction of sp³-hybridized carbons (Fsp3) is 0.235. The first-order chi connectivity index (χ1) is 11.5. The Labute approximate surface area is 142 Å². The van der Waals surface area contributed by atoms with E-state index < -0.39 is 23.5 Å². The van der Waals surface area contributed by atoms with Crippen molar-refractivity contribution in [1.82, 2.24) is 0 Å². The van der Waals surface area contributed by atoms with Gasteiger partial charge in [-0.2, -0.15) is 0 Å². The number of hydrogen-bond acceptors (Lipinski definition) is 6. The van der Waals surface area contributed by atoms with Gasteiger partial charge in [0.15, 0.2) is 29.0 Å². The average Bonchev–Trinajstić information content (AvgIpc) is 2.52. The molecule has 0 bridgehead atoms. The predicted octanol–water partition coefficient (Wildman–Crippen LogP) is 2.34. The molecule has 124 valence electrons. The molecule has 0 N–H and O–H groups in total. The third-order valence-electron chi connectivity index (χ3n) is 3.47. The highest BCUT2D eigenvalue weighted by molar-refractivity contribution is 6.32. The van der Waals surface area contributed by atoms with E-state index in [1.54, 1.807) is 12.1 Å². The number of allylic oxidation sites excluding steroid dienone is 3. The molecule has 7 heteroatoms. The van der Waals surface area contributed by atoms with Crippen LogP contribution < -0.4 is 9.47 Å². The van der Waals surface area contributed by atoms with Crippen molar-refractivity contribution in [1.29, 1.82) is 0 Å². The Bertz CT molecular complexity index is 793. The van der Waals surface area contributed by atoms with Gasteiger partial charge < -0.3 is 14.2 Å². The molecule has 24 heavy (non-hydrogen) atoms. The van der Waals surface area contributed by atoms with Gasteiger partial charge in [0, 0.05) is 6.08 Å². The normalized spacial score (nSPS) is 19.9. The number of hydrogen-bond donors (Lipinski definition) is 0. The summed E-state index contributed by atoms with van der Waals surface area (Å²) < 4.78 is 15.7. The molecule has 6 nitrogen and oxygen atoms in total. The molecule has 2 aliphatic rings. The van der Waals surface area contributed by atoms with Crippen LogP contribution in [0.3, 0.4) is 0 Å². The average molecular weight is 349 g/mol. The van der Waals surface area contributed by atoms with Crippen molar-refractivity contribution in [2.24, 2.45) is 5.92 Å². The Hall–Kier alpha value is -2.60. The fourth-order valence-electron chi connectivity index (χ4n) is 2.40. The van der Waals surface area contributed by atoms with Crippen LogP contribution in [-0.4, -0.2) is 30.7 Å². The van der Waals surface area contributed by atoms with Crippen LogP contribution in [0.15, 0.2) is 30.0 Å². The van der Waals surface area contributed by atoms with E-state index in [0.717, 1.165) is 12.2 Å². The molecule has 0 fully saturated rings. The van der Waals surface area contributed by atoms with Crippen molar-refractivity contribution in [2.45, 2.75) is 6.92 Å². The lowest BCUT2D eigenvalue weighted by molar-refractivity contribution is -0.151. The third-order valence-corrected chi connectivity index (χ3v) is 3.75. The summed E-state index contributed by atoms with van der Waals surface area (Å²) >= 11 is 6.11. The van der Waals surface area contributed by atoms with E-state index >= 15 is 0 Å². The summed E-state index contributed by atoms with van der Waals surface area (Å²) in [6, 6.07) is 3.26. The van der Waals surface area contributed by atoms with Crippen LogP contribution in [0, 0.1) is 5.92 Å². The Morgan fingerprint density at radius 2 is 2.00 bits per heavy atom. The van der Waals surface area contributed by atoms with Crippen LogP contribution in [0.2, 0.25) is 5.02 Å². The van der Waals surface area contributed by atoms with Gasteiger partial charge in [0.25, 0.3) is 0 Å². The molecule has 1 unspecified atom stereocenters.